The van der Waals surface area contributed by atoms with Crippen molar-refractivity contribution < 1.29 is 22.4 Å². The van der Waals surface area contributed by atoms with Gasteiger partial charge in [0.2, 0.25) is 10.0 Å². The minimum absolute atomic E-state index is 0.000485. The standard InChI is InChI=1S/C27H41NO5SSi/c1-21(2)23-14-16-24(17-15-23)28(34(6,30)31)25(18-19-33-35(7,8)27(3,4)5)26(29)32-20-22-12-10-9-11-13-22/h9-17,21,25H,18-20H2,1-8H3/t25-/m0/s1. The Morgan fingerprint density at radius 1 is 1.00 bits per heavy atom. The second-order valence-corrected chi connectivity index (χ2v) is 17.5. The van der Waals surface area contributed by atoms with Gasteiger partial charge in [-0.15, -0.1) is 0 Å². The van der Waals surface area contributed by atoms with Crippen LogP contribution in [0.1, 0.15) is 58.1 Å². The van der Waals surface area contributed by atoms with Crippen molar-refractivity contribution in [1.29, 1.82) is 0 Å². The highest BCUT2D eigenvalue weighted by Gasteiger charge is 2.39. The van der Waals surface area contributed by atoms with Gasteiger partial charge in [0, 0.05) is 13.0 Å². The van der Waals surface area contributed by atoms with Crippen LogP contribution >= 0.6 is 0 Å². The third-order valence-electron chi connectivity index (χ3n) is 6.61. The number of carbonyl (C=O) groups excluding carboxylic acids is 1. The highest BCUT2D eigenvalue weighted by molar-refractivity contribution is 7.92. The SMILES string of the molecule is CC(C)c1ccc(N([C@@H](CCO[Si](C)(C)C(C)(C)C)C(=O)OCc2ccccc2)S(C)(=O)=O)cc1. The van der Waals surface area contributed by atoms with Crippen LogP contribution in [0.3, 0.4) is 0 Å². The van der Waals surface area contributed by atoms with E-state index in [0.29, 0.717) is 11.6 Å². The van der Waals surface area contributed by atoms with Crippen molar-refractivity contribution in [2.75, 3.05) is 17.2 Å². The number of nitrogens with zero attached hydrogens (tertiary/aromatic N) is 1. The maximum absolute atomic E-state index is 13.3. The van der Waals surface area contributed by atoms with E-state index in [9.17, 15) is 13.2 Å². The predicted octanol–water partition coefficient (Wildman–Crippen LogP) is 6.10. The van der Waals surface area contributed by atoms with E-state index in [1.807, 2.05) is 42.5 Å². The molecule has 0 saturated heterocycles. The minimum atomic E-state index is -3.78. The second kappa shape index (κ2) is 11.7. The summed E-state index contributed by atoms with van der Waals surface area (Å²) in [6.45, 7) is 15.2. The lowest BCUT2D eigenvalue weighted by Crippen LogP contribution is -2.47. The lowest BCUT2D eigenvalue weighted by molar-refractivity contribution is -0.146. The van der Waals surface area contributed by atoms with Crippen molar-refractivity contribution in [1.82, 2.24) is 0 Å². The van der Waals surface area contributed by atoms with Crippen LogP contribution in [0.25, 0.3) is 0 Å². The first-order valence-corrected chi connectivity index (χ1v) is 16.8. The molecule has 0 N–H and O–H groups in total. The first-order chi connectivity index (χ1) is 16.1. The molecule has 0 spiro atoms. The van der Waals surface area contributed by atoms with Gasteiger partial charge in [0.05, 0.1) is 11.9 Å². The summed E-state index contributed by atoms with van der Waals surface area (Å²) in [5.74, 6) is -0.286. The fourth-order valence-corrected chi connectivity index (χ4v) is 5.63. The van der Waals surface area contributed by atoms with Crippen molar-refractivity contribution >= 4 is 30.0 Å². The van der Waals surface area contributed by atoms with E-state index in [-0.39, 0.29) is 24.7 Å². The average Bonchev–Trinajstić information content (AvgIpc) is 2.76. The maximum atomic E-state index is 13.3. The molecule has 6 nitrogen and oxygen atoms in total. The van der Waals surface area contributed by atoms with Gasteiger partial charge >= 0.3 is 5.97 Å². The van der Waals surface area contributed by atoms with E-state index in [2.05, 4.69) is 47.7 Å². The van der Waals surface area contributed by atoms with Crippen molar-refractivity contribution in [2.24, 2.45) is 0 Å². The molecule has 0 fully saturated rings. The molecule has 0 aliphatic rings. The van der Waals surface area contributed by atoms with E-state index >= 15 is 0 Å². The van der Waals surface area contributed by atoms with Crippen LogP contribution in [0.4, 0.5) is 5.69 Å². The summed E-state index contributed by atoms with van der Waals surface area (Å²) in [6.07, 6.45) is 1.31. The molecular formula is C27H41NO5SSi. The van der Waals surface area contributed by atoms with Crippen molar-refractivity contribution in [3.8, 4) is 0 Å². The van der Waals surface area contributed by atoms with E-state index < -0.39 is 30.4 Å². The molecule has 0 amide bonds. The third kappa shape index (κ3) is 8.19. The molecular weight excluding hydrogens is 478 g/mol. The highest BCUT2D eigenvalue weighted by atomic mass is 32.2. The van der Waals surface area contributed by atoms with Crippen LogP contribution in [0, 0.1) is 0 Å². The number of ether oxygens (including phenoxy) is 1. The molecule has 2 aromatic carbocycles. The molecule has 0 aliphatic carbocycles. The molecule has 0 unspecified atom stereocenters. The second-order valence-electron chi connectivity index (χ2n) is 10.8. The third-order valence-corrected chi connectivity index (χ3v) is 12.3. The first kappa shape index (κ1) is 29.1. The van der Waals surface area contributed by atoms with Crippen LogP contribution in [0.15, 0.2) is 54.6 Å². The molecule has 2 aromatic rings. The number of hydrogen-bond acceptors (Lipinski definition) is 5. The van der Waals surface area contributed by atoms with Crippen LogP contribution < -0.4 is 4.31 Å². The van der Waals surface area contributed by atoms with E-state index in [4.69, 9.17) is 9.16 Å². The topological polar surface area (TPSA) is 72.9 Å². The molecule has 35 heavy (non-hydrogen) atoms. The van der Waals surface area contributed by atoms with E-state index in [1.54, 1.807) is 12.1 Å². The van der Waals surface area contributed by atoms with Crippen LogP contribution in [-0.4, -0.2) is 41.6 Å². The van der Waals surface area contributed by atoms with Gasteiger partial charge in [0.25, 0.3) is 0 Å². The number of hydrogen-bond donors (Lipinski definition) is 0. The summed E-state index contributed by atoms with van der Waals surface area (Å²) in [6, 6.07) is 15.6. The van der Waals surface area contributed by atoms with Crippen molar-refractivity contribution in [2.45, 2.75) is 77.7 Å². The van der Waals surface area contributed by atoms with Crippen molar-refractivity contribution in [3.63, 3.8) is 0 Å². The Morgan fingerprint density at radius 3 is 2.06 bits per heavy atom. The summed E-state index contributed by atoms with van der Waals surface area (Å²) in [5.41, 5.74) is 2.36. The molecule has 0 aromatic heterocycles. The Balaban J connectivity index is 2.36. The summed E-state index contributed by atoms with van der Waals surface area (Å²) in [7, 11) is -5.86. The molecule has 1 atom stereocenters. The summed E-state index contributed by atoms with van der Waals surface area (Å²) >= 11 is 0. The minimum Gasteiger partial charge on any atom is -0.459 e. The van der Waals surface area contributed by atoms with Crippen molar-refractivity contribution in [3.05, 3.63) is 65.7 Å². The Bertz CT molecular complexity index is 1060. The van der Waals surface area contributed by atoms with Crippen LogP contribution in [0.2, 0.25) is 18.1 Å². The Kier molecular flexibility index (Phi) is 9.73. The van der Waals surface area contributed by atoms with Gasteiger partial charge in [-0.25, -0.2) is 13.2 Å². The molecule has 0 heterocycles. The molecule has 8 heteroatoms. The summed E-state index contributed by atoms with van der Waals surface area (Å²) in [5, 5.41) is -0.000485. The number of rotatable bonds is 11. The molecule has 0 saturated carbocycles. The monoisotopic (exact) mass is 519 g/mol. The number of carbonyl (C=O) groups is 1. The lowest BCUT2D eigenvalue weighted by Gasteiger charge is -2.37. The van der Waals surface area contributed by atoms with Gasteiger partial charge in [-0.3, -0.25) is 4.31 Å². The zero-order valence-corrected chi connectivity index (χ0v) is 24.2. The number of esters is 1. The fourth-order valence-electron chi connectivity index (χ4n) is 3.41. The quantitative estimate of drug-likeness (QED) is 0.265. The van der Waals surface area contributed by atoms with Crippen LogP contribution in [-0.2, 0) is 30.6 Å². The normalized spacial score (nSPS) is 13.5. The molecule has 0 bridgehead atoms. The zero-order valence-electron chi connectivity index (χ0n) is 22.4. The highest BCUT2D eigenvalue weighted by Crippen LogP contribution is 2.37. The number of benzene rings is 2. The Labute approximate surface area is 212 Å². The molecule has 2 rings (SSSR count). The Hall–Kier alpha value is -2.16. The average molecular weight is 520 g/mol. The Morgan fingerprint density at radius 2 is 1.57 bits per heavy atom. The largest absolute Gasteiger partial charge is 0.459 e. The number of anilines is 1. The smallest absolute Gasteiger partial charge is 0.330 e. The maximum Gasteiger partial charge on any atom is 0.330 e. The van der Waals surface area contributed by atoms with Gasteiger partial charge in [-0.05, 0) is 47.3 Å². The predicted molar refractivity (Wildman–Crippen MR) is 146 cm³/mol. The molecule has 194 valence electrons. The van der Waals surface area contributed by atoms with Gasteiger partial charge in [-0.1, -0.05) is 77.1 Å². The van der Waals surface area contributed by atoms with Gasteiger partial charge in [0.15, 0.2) is 8.32 Å². The lowest BCUT2D eigenvalue weighted by atomic mass is 10.0. The number of sulfonamides is 1. The van der Waals surface area contributed by atoms with Gasteiger partial charge in [-0.2, -0.15) is 0 Å². The van der Waals surface area contributed by atoms with Gasteiger partial charge < -0.3 is 9.16 Å². The van der Waals surface area contributed by atoms with Crippen LogP contribution in [0.5, 0.6) is 0 Å². The zero-order chi connectivity index (χ0) is 26.4. The molecule has 0 aliphatic heterocycles. The first-order valence-electron chi connectivity index (χ1n) is 12.1. The summed E-state index contributed by atoms with van der Waals surface area (Å²) < 4.78 is 39.0. The fraction of sp³-hybridized carbons (Fsp3) is 0.519. The summed E-state index contributed by atoms with van der Waals surface area (Å²) in [4.78, 5) is 13.3. The molecule has 0 radical (unpaired) electrons. The van der Waals surface area contributed by atoms with E-state index in [0.717, 1.165) is 17.4 Å². The van der Waals surface area contributed by atoms with E-state index in [1.165, 1.54) is 4.31 Å². The van der Waals surface area contributed by atoms with Gasteiger partial charge in [0.1, 0.15) is 12.6 Å².